The number of amides is 1. The molecule has 1 amide bonds. The molecule has 0 bridgehead atoms. The zero-order valence-corrected chi connectivity index (χ0v) is 16.6. The Kier molecular flexibility index (Phi) is 5.86. The molecule has 0 fully saturated rings. The second-order valence-electron chi connectivity index (χ2n) is 5.85. The number of nitrogens with zero attached hydrogens (tertiary/aromatic N) is 2. The average Bonchev–Trinajstić information content (AvgIpc) is 3.12. The Morgan fingerprint density at radius 3 is 2.82 bits per heavy atom. The molecule has 1 unspecified atom stereocenters. The van der Waals surface area contributed by atoms with Gasteiger partial charge in [0.05, 0.1) is 28.2 Å². The molecule has 0 aliphatic carbocycles. The Labute approximate surface area is 169 Å². The van der Waals surface area contributed by atoms with Crippen LogP contribution in [0.25, 0.3) is 10.2 Å². The minimum atomic E-state index is -2.05. The van der Waals surface area contributed by atoms with Crippen LogP contribution in [0.1, 0.15) is 17.3 Å². The van der Waals surface area contributed by atoms with E-state index >= 15 is 0 Å². The summed E-state index contributed by atoms with van der Waals surface area (Å²) >= 11 is 3.99. The lowest BCUT2D eigenvalue weighted by atomic mass is 10.1. The first kappa shape index (κ1) is 20.5. The van der Waals surface area contributed by atoms with Crippen molar-refractivity contribution in [2.75, 3.05) is 11.9 Å². The summed E-state index contributed by atoms with van der Waals surface area (Å²) in [6.45, 7) is 0.315. The van der Waals surface area contributed by atoms with Crippen molar-refractivity contribution in [2.45, 2.75) is 12.7 Å². The van der Waals surface area contributed by atoms with Crippen LogP contribution in [0.5, 0.6) is 0 Å². The second kappa shape index (κ2) is 8.01. The number of benzene rings is 2. The van der Waals surface area contributed by atoms with Crippen LogP contribution >= 0.6 is 27.5 Å². The van der Waals surface area contributed by atoms with Crippen LogP contribution in [-0.4, -0.2) is 38.1 Å². The summed E-state index contributed by atoms with van der Waals surface area (Å²) in [5, 5.41) is 24.8. The first-order valence-electron chi connectivity index (χ1n) is 7.70. The van der Waals surface area contributed by atoms with Crippen LogP contribution < -0.4 is 10.8 Å². The fourth-order valence-electron chi connectivity index (χ4n) is 2.15. The monoisotopic (exact) mass is 474 g/mol. The summed E-state index contributed by atoms with van der Waals surface area (Å²) < 4.78 is 33.5. The van der Waals surface area contributed by atoms with Crippen molar-refractivity contribution >= 4 is 55.0 Å². The highest BCUT2D eigenvalue weighted by molar-refractivity contribution is 9.10. The highest BCUT2D eigenvalue weighted by Gasteiger charge is 2.25. The van der Waals surface area contributed by atoms with E-state index in [0.717, 1.165) is 18.5 Å². The molecular formula is C16H13BrF2N4O4S. The molecule has 3 aromatic rings. The summed E-state index contributed by atoms with van der Waals surface area (Å²) in [7, 11) is 0. The van der Waals surface area contributed by atoms with Gasteiger partial charge in [0.2, 0.25) is 5.79 Å². The molecule has 1 atom stereocenters. The number of halogens is 3. The topological polar surface area (TPSA) is 117 Å². The quantitative estimate of drug-likeness (QED) is 0.320. The van der Waals surface area contributed by atoms with E-state index in [9.17, 15) is 18.7 Å². The lowest BCUT2D eigenvalue weighted by Crippen LogP contribution is -2.41. The molecule has 4 N–H and O–H groups in total. The van der Waals surface area contributed by atoms with Crippen LogP contribution in [-0.2, 0) is 4.84 Å². The van der Waals surface area contributed by atoms with Gasteiger partial charge in [0.25, 0.3) is 5.91 Å². The lowest BCUT2D eigenvalue weighted by molar-refractivity contribution is -0.235. The van der Waals surface area contributed by atoms with E-state index in [1.807, 2.05) is 5.48 Å². The van der Waals surface area contributed by atoms with Crippen molar-refractivity contribution in [3.05, 3.63) is 45.9 Å². The summed E-state index contributed by atoms with van der Waals surface area (Å²) in [4.78, 5) is 17.2. The van der Waals surface area contributed by atoms with Crippen LogP contribution in [0.2, 0.25) is 0 Å². The van der Waals surface area contributed by atoms with Gasteiger partial charge in [-0.05, 0) is 42.7 Å². The van der Waals surface area contributed by atoms with Gasteiger partial charge >= 0.3 is 0 Å². The molecule has 8 nitrogen and oxygen atoms in total. The third-order valence-corrected chi connectivity index (χ3v) is 4.74. The summed E-state index contributed by atoms with van der Waals surface area (Å²) in [6.07, 6.45) is 0. The SMILES string of the molecule is CC(O)(CO)ONC(=O)c1cc2snnc2c(F)c1Nc1ccc(Br)cc1F. The van der Waals surface area contributed by atoms with Crippen molar-refractivity contribution in [1.29, 1.82) is 0 Å². The van der Waals surface area contributed by atoms with E-state index in [0.29, 0.717) is 4.47 Å². The van der Waals surface area contributed by atoms with Gasteiger partial charge in [-0.15, -0.1) is 5.10 Å². The number of anilines is 2. The van der Waals surface area contributed by atoms with Crippen molar-refractivity contribution < 1.29 is 28.6 Å². The highest BCUT2D eigenvalue weighted by Crippen LogP contribution is 2.33. The minimum absolute atomic E-state index is 0.0815. The van der Waals surface area contributed by atoms with Gasteiger partial charge in [-0.2, -0.15) is 0 Å². The number of rotatable bonds is 6. The first-order valence-corrected chi connectivity index (χ1v) is 9.26. The molecule has 3 rings (SSSR count). The molecular weight excluding hydrogens is 462 g/mol. The van der Waals surface area contributed by atoms with Crippen LogP contribution in [0.15, 0.2) is 28.7 Å². The highest BCUT2D eigenvalue weighted by atomic mass is 79.9. The van der Waals surface area contributed by atoms with Crippen LogP contribution in [0.3, 0.4) is 0 Å². The largest absolute Gasteiger partial charge is 0.391 e. The van der Waals surface area contributed by atoms with E-state index in [1.54, 1.807) is 0 Å². The number of hydrogen-bond acceptors (Lipinski definition) is 8. The predicted octanol–water partition coefficient (Wildman–Crippen LogP) is 2.84. The van der Waals surface area contributed by atoms with Gasteiger partial charge in [0.1, 0.15) is 11.3 Å². The molecule has 0 aliphatic heterocycles. The normalized spacial score (nSPS) is 13.4. The number of aliphatic hydroxyl groups is 2. The number of carbonyl (C=O) groups excluding carboxylic acids is 1. The molecule has 0 spiro atoms. The van der Waals surface area contributed by atoms with Gasteiger partial charge in [0, 0.05) is 4.47 Å². The Morgan fingerprint density at radius 1 is 1.39 bits per heavy atom. The van der Waals surface area contributed by atoms with Gasteiger partial charge in [-0.25, -0.2) is 19.1 Å². The molecule has 1 aromatic heterocycles. The number of aliphatic hydroxyl groups excluding tert-OH is 1. The maximum atomic E-state index is 15.0. The molecule has 28 heavy (non-hydrogen) atoms. The molecule has 0 saturated carbocycles. The van der Waals surface area contributed by atoms with Gasteiger partial charge in [-0.1, -0.05) is 20.4 Å². The number of aromatic nitrogens is 2. The maximum absolute atomic E-state index is 15.0. The van der Waals surface area contributed by atoms with Crippen molar-refractivity contribution in [3.8, 4) is 0 Å². The van der Waals surface area contributed by atoms with E-state index in [4.69, 9.17) is 9.94 Å². The first-order chi connectivity index (χ1) is 13.2. The van der Waals surface area contributed by atoms with E-state index in [2.05, 4.69) is 30.8 Å². The molecule has 148 valence electrons. The van der Waals surface area contributed by atoms with Crippen molar-refractivity contribution in [3.63, 3.8) is 0 Å². The van der Waals surface area contributed by atoms with Crippen LogP contribution in [0.4, 0.5) is 20.2 Å². The fraction of sp³-hybridized carbons (Fsp3) is 0.188. The average molecular weight is 475 g/mol. The Balaban J connectivity index is 2.03. The molecule has 12 heteroatoms. The van der Waals surface area contributed by atoms with Gasteiger partial charge < -0.3 is 15.5 Å². The van der Waals surface area contributed by atoms with E-state index in [1.165, 1.54) is 24.3 Å². The Hall–Kier alpha value is -2.25. The third-order valence-electron chi connectivity index (χ3n) is 3.58. The standard InChI is InChI=1S/C16H13BrF2N4O4S/c1-16(26,6-24)27-22-15(25)8-5-11-14(21-23-28-11)12(19)13(8)20-10-3-2-7(17)4-9(10)18/h2-5,20,24,26H,6H2,1H3,(H,22,25). The molecule has 2 aromatic carbocycles. The fourth-order valence-corrected chi connectivity index (χ4v) is 3.09. The maximum Gasteiger partial charge on any atom is 0.277 e. The number of hydrogen-bond donors (Lipinski definition) is 4. The summed E-state index contributed by atoms with van der Waals surface area (Å²) in [5.41, 5.74) is 1.16. The molecule has 0 aliphatic rings. The van der Waals surface area contributed by atoms with E-state index in [-0.39, 0.29) is 27.2 Å². The second-order valence-corrected chi connectivity index (χ2v) is 7.55. The number of fused-ring (bicyclic) bond motifs is 1. The number of hydroxylamine groups is 1. The molecule has 0 saturated heterocycles. The van der Waals surface area contributed by atoms with Gasteiger partial charge in [0.15, 0.2) is 5.82 Å². The summed E-state index contributed by atoms with van der Waals surface area (Å²) in [6, 6.07) is 5.36. The Bertz CT molecular complexity index is 1050. The lowest BCUT2D eigenvalue weighted by Gasteiger charge is -2.21. The minimum Gasteiger partial charge on any atom is -0.391 e. The van der Waals surface area contributed by atoms with Crippen molar-refractivity contribution in [2.24, 2.45) is 0 Å². The molecule has 0 radical (unpaired) electrons. The van der Waals surface area contributed by atoms with Crippen molar-refractivity contribution in [1.82, 2.24) is 15.1 Å². The third kappa shape index (κ3) is 4.25. The zero-order chi connectivity index (χ0) is 20.5. The number of nitrogens with one attached hydrogen (secondary N) is 2. The Morgan fingerprint density at radius 2 is 2.14 bits per heavy atom. The van der Waals surface area contributed by atoms with E-state index < -0.39 is 29.9 Å². The summed E-state index contributed by atoms with van der Waals surface area (Å²) in [5.74, 6) is -4.58. The number of carbonyl (C=O) groups is 1. The zero-order valence-electron chi connectivity index (χ0n) is 14.2. The van der Waals surface area contributed by atoms with Gasteiger partial charge in [-0.3, -0.25) is 4.79 Å². The predicted molar refractivity (Wildman–Crippen MR) is 101 cm³/mol. The molecule has 1 heterocycles. The van der Waals surface area contributed by atoms with Crippen LogP contribution in [0, 0.1) is 11.6 Å². The smallest absolute Gasteiger partial charge is 0.277 e.